The Hall–Kier alpha value is -3.47. The molecule has 26 heavy (non-hydrogen) atoms. The van der Waals surface area contributed by atoms with Crippen LogP contribution in [0.1, 0.15) is 28.4 Å². The molecule has 0 spiro atoms. The van der Waals surface area contributed by atoms with E-state index in [9.17, 15) is 19.1 Å². The number of hydrogen-bond acceptors (Lipinski definition) is 4. The van der Waals surface area contributed by atoms with E-state index in [1.807, 2.05) is 6.07 Å². The molecule has 1 unspecified atom stereocenters. The van der Waals surface area contributed by atoms with E-state index in [0.29, 0.717) is 16.8 Å². The van der Waals surface area contributed by atoms with Crippen molar-refractivity contribution in [1.29, 1.82) is 5.26 Å². The Balaban J connectivity index is 1.95. The van der Waals surface area contributed by atoms with Crippen LogP contribution in [0, 0.1) is 17.1 Å². The lowest BCUT2D eigenvalue weighted by Crippen LogP contribution is -2.51. The van der Waals surface area contributed by atoms with Crippen LogP contribution in [0.25, 0.3) is 0 Å². The number of nitriles is 1. The van der Waals surface area contributed by atoms with Gasteiger partial charge in [0.05, 0.1) is 23.4 Å². The molecule has 8 heteroatoms. The fourth-order valence-electron chi connectivity index (χ4n) is 2.95. The quantitative estimate of drug-likeness (QED) is 0.875. The lowest BCUT2D eigenvalue weighted by molar-refractivity contribution is -0.124. The molecule has 0 saturated carbocycles. The SMILES string of the molecule is N#Cc1ccc(Cc2cccnc2C2CNC(=O)CN2C(=O)O)c(F)c1. The molecule has 2 heterocycles. The molecule has 2 aromatic rings. The molecular formula is C18H15FN4O3. The number of aromatic nitrogens is 1. The number of nitrogens with zero attached hydrogens (tertiary/aromatic N) is 3. The van der Waals surface area contributed by atoms with Gasteiger partial charge in [0, 0.05) is 19.2 Å². The van der Waals surface area contributed by atoms with Gasteiger partial charge in [-0.1, -0.05) is 12.1 Å². The van der Waals surface area contributed by atoms with Crippen molar-refractivity contribution < 1.29 is 19.1 Å². The lowest BCUT2D eigenvalue weighted by Gasteiger charge is -2.33. The van der Waals surface area contributed by atoms with Gasteiger partial charge in [0.15, 0.2) is 0 Å². The Bertz CT molecular complexity index is 910. The summed E-state index contributed by atoms with van der Waals surface area (Å²) in [6.07, 6.45) is 0.509. The van der Waals surface area contributed by atoms with Crippen LogP contribution in [0.3, 0.4) is 0 Å². The van der Waals surface area contributed by atoms with Gasteiger partial charge in [-0.25, -0.2) is 9.18 Å². The maximum absolute atomic E-state index is 14.2. The number of carbonyl (C=O) groups is 2. The first-order valence-electron chi connectivity index (χ1n) is 7.88. The van der Waals surface area contributed by atoms with E-state index in [4.69, 9.17) is 5.26 Å². The van der Waals surface area contributed by atoms with E-state index in [2.05, 4.69) is 10.3 Å². The van der Waals surface area contributed by atoms with Crippen molar-refractivity contribution in [2.75, 3.05) is 13.1 Å². The Morgan fingerprint density at radius 3 is 2.92 bits per heavy atom. The highest BCUT2D eigenvalue weighted by Gasteiger charge is 2.33. The fraction of sp³-hybridized carbons (Fsp3) is 0.222. The number of piperazine rings is 1. The van der Waals surface area contributed by atoms with Gasteiger partial charge in [-0.05, 0) is 29.3 Å². The summed E-state index contributed by atoms with van der Waals surface area (Å²) in [7, 11) is 0. The number of carboxylic acid groups (broad SMARTS) is 1. The number of benzene rings is 1. The van der Waals surface area contributed by atoms with Crippen molar-refractivity contribution in [3.63, 3.8) is 0 Å². The number of rotatable bonds is 3. The molecule has 7 nitrogen and oxygen atoms in total. The Morgan fingerprint density at radius 2 is 2.23 bits per heavy atom. The summed E-state index contributed by atoms with van der Waals surface area (Å²) in [5.41, 5.74) is 1.73. The van der Waals surface area contributed by atoms with Gasteiger partial charge in [-0.3, -0.25) is 14.7 Å². The minimum Gasteiger partial charge on any atom is -0.465 e. The molecule has 132 valence electrons. The van der Waals surface area contributed by atoms with Crippen LogP contribution in [0.2, 0.25) is 0 Å². The van der Waals surface area contributed by atoms with Crippen molar-refractivity contribution in [3.8, 4) is 6.07 Å². The van der Waals surface area contributed by atoms with Crippen LogP contribution >= 0.6 is 0 Å². The van der Waals surface area contributed by atoms with Gasteiger partial charge < -0.3 is 10.4 Å². The second-order valence-electron chi connectivity index (χ2n) is 5.87. The number of nitrogens with one attached hydrogen (secondary N) is 1. The standard InChI is InChI=1S/C18H15FN4O3/c19-14-6-11(8-20)3-4-12(14)7-13-2-1-5-21-17(13)15-9-22-16(24)10-23(15)18(25)26/h1-6,15H,7,9-10H2,(H,22,24)(H,25,26). The highest BCUT2D eigenvalue weighted by molar-refractivity contribution is 5.83. The zero-order valence-corrected chi connectivity index (χ0v) is 13.6. The third-order valence-corrected chi connectivity index (χ3v) is 4.23. The molecule has 3 rings (SSSR count). The van der Waals surface area contributed by atoms with Crippen LogP contribution in [0.5, 0.6) is 0 Å². The molecule has 1 aromatic heterocycles. The average molecular weight is 354 g/mol. The topological polar surface area (TPSA) is 106 Å². The van der Waals surface area contributed by atoms with Crippen LogP contribution in [-0.4, -0.2) is 40.1 Å². The van der Waals surface area contributed by atoms with E-state index in [0.717, 1.165) is 11.0 Å². The maximum atomic E-state index is 14.2. The molecular weight excluding hydrogens is 339 g/mol. The van der Waals surface area contributed by atoms with Crippen molar-refractivity contribution in [3.05, 3.63) is 64.7 Å². The Kier molecular flexibility index (Phi) is 4.80. The molecule has 1 atom stereocenters. The van der Waals surface area contributed by atoms with E-state index in [1.165, 1.54) is 18.3 Å². The molecule has 1 aromatic carbocycles. The molecule has 0 bridgehead atoms. The van der Waals surface area contributed by atoms with E-state index < -0.39 is 18.0 Å². The van der Waals surface area contributed by atoms with Gasteiger partial charge in [0.2, 0.25) is 5.91 Å². The summed E-state index contributed by atoms with van der Waals surface area (Å²) in [4.78, 5) is 28.3. The molecule has 1 fully saturated rings. The highest BCUT2D eigenvalue weighted by atomic mass is 19.1. The number of pyridine rings is 1. The summed E-state index contributed by atoms with van der Waals surface area (Å²) in [5.74, 6) is -0.884. The zero-order valence-electron chi connectivity index (χ0n) is 13.6. The third kappa shape index (κ3) is 3.47. The monoisotopic (exact) mass is 354 g/mol. The Labute approximate surface area is 148 Å². The molecule has 2 N–H and O–H groups in total. The summed E-state index contributed by atoms with van der Waals surface area (Å²) in [6.45, 7) is -0.174. The Morgan fingerprint density at radius 1 is 1.42 bits per heavy atom. The van der Waals surface area contributed by atoms with E-state index >= 15 is 0 Å². The van der Waals surface area contributed by atoms with Crippen LogP contribution in [0.4, 0.5) is 9.18 Å². The van der Waals surface area contributed by atoms with Crippen LogP contribution in [0.15, 0.2) is 36.5 Å². The molecule has 1 aliphatic rings. The van der Waals surface area contributed by atoms with E-state index in [-0.39, 0.29) is 31.0 Å². The maximum Gasteiger partial charge on any atom is 0.408 e. The first-order chi connectivity index (χ1) is 12.5. The molecule has 0 radical (unpaired) electrons. The number of hydrogen-bond donors (Lipinski definition) is 2. The highest BCUT2D eigenvalue weighted by Crippen LogP contribution is 2.26. The number of carbonyl (C=O) groups excluding carboxylic acids is 1. The first-order valence-corrected chi connectivity index (χ1v) is 7.88. The van der Waals surface area contributed by atoms with E-state index in [1.54, 1.807) is 12.1 Å². The van der Waals surface area contributed by atoms with Crippen molar-refractivity contribution in [2.45, 2.75) is 12.5 Å². The third-order valence-electron chi connectivity index (χ3n) is 4.23. The lowest BCUT2D eigenvalue weighted by atomic mass is 9.97. The van der Waals surface area contributed by atoms with Gasteiger partial charge in [-0.15, -0.1) is 0 Å². The van der Waals surface area contributed by atoms with Crippen molar-refractivity contribution in [1.82, 2.24) is 15.2 Å². The minimum absolute atomic E-state index is 0.102. The van der Waals surface area contributed by atoms with Crippen molar-refractivity contribution >= 4 is 12.0 Å². The first kappa shape index (κ1) is 17.4. The zero-order chi connectivity index (χ0) is 18.7. The molecule has 1 aliphatic heterocycles. The molecule has 2 amide bonds. The predicted octanol–water partition coefficient (Wildman–Crippen LogP) is 1.83. The molecule has 1 saturated heterocycles. The van der Waals surface area contributed by atoms with Crippen molar-refractivity contribution in [2.24, 2.45) is 0 Å². The summed E-state index contributed by atoms with van der Waals surface area (Å²) in [5, 5.41) is 20.9. The average Bonchev–Trinajstić information content (AvgIpc) is 2.64. The summed E-state index contributed by atoms with van der Waals surface area (Å²) >= 11 is 0. The number of amides is 2. The number of halogens is 1. The van der Waals surface area contributed by atoms with Gasteiger partial charge in [0.1, 0.15) is 12.4 Å². The summed E-state index contributed by atoms with van der Waals surface area (Å²) < 4.78 is 14.2. The normalized spacial score (nSPS) is 16.7. The van der Waals surface area contributed by atoms with Gasteiger partial charge in [-0.2, -0.15) is 5.26 Å². The van der Waals surface area contributed by atoms with Crippen LogP contribution in [-0.2, 0) is 11.2 Å². The summed E-state index contributed by atoms with van der Waals surface area (Å²) in [6, 6.07) is 8.88. The fourth-order valence-corrected chi connectivity index (χ4v) is 2.95. The predicted molar refractivity (Wildman–Crippen MR) is 88.6 cm³/mol. The van der Waals surface area contributed by atoms with Gasteiger partial charge in [0.25, 0.3) is 0 Å². The second-order valence-corrected chi connectivity index (χ2v) is 5.87. The molecule has 0 aliphatic carbocycles. The second kappa shape index (κ2) is 7.19. The minimum atomic E-state index is -1.22. The largest absolute Gasteiger partial charge is 0.465 e. The van der Waals surface area contributed by atoms with Gasteiger partial charge >= 0.3 is 6.09 Å². The van der Waals surface area contributed by atoms with Crippen LogP contribution < -0.4 is 5.32 Å². The smallest absolute Gasteiger partial charge is 0.408 e.